The third-order valence-corrected chi connectivity index (χ3v) is 2.56. The van der Waals surface area contributed by atoms with Crippen molar-refractivity contribution >= 4 is 0 Å². The molecule has 0 bridgehead atoms. The molecule has 1 N–H and O–H groups in total. The molecule has 1 atom stereocenters. The van der Waals surface area contributed by atoms with E-state index in [1.165, 1.54) is 5.56 Å². The highest BCUT2D eigenvalue weighted by Gasteiger charge is 2.31. The third kappa shape index (κ3) is 2.34. The van der Waals surface area contributed by atoms with Gasteiger partial charge in [0.25, 0.3) is 0 Å². The van der Waals surface area contributed by atoms with Crippen molar-refractivity contribution in [1.82, 2.24) is 5.48 Å². The molecular formula is C12H17NO. The fourth-order valence-corrected chi connectivity index (χ4v) is 1.93. The first kappa shape index (κ1) is 9.69. The lowest BCUT2D eigenvalue weighted by Crippen LogP contribution is -2.22. The zero-order valence-corrected chi connectivity index (χ0v) is 8.79. The van der Waals surface area contributed by atoms with E-state index >= 15 is 0 Å². The Kier molecular flexibility index (Phi) is 2.57. The maximum Gasteiger partial charge on any atom is 0.0856 e. The van der Waals surface area contributed by atoms with Crippen LogP contribution in [0.25, 0.3) is 0 Å². The van der Waals surface area contributed by atoms with E-state index in [-0.39, 0.29) is 5.60 Å². The van der Waals surface area contributed by atoms with Crippen molar-refractivity contribution in [3.63, 3.8) is 0 Å². The molecule has 0 saturated carbocycles. The predicted octanol–water partition coefficient (Wildman–Crippen LogP) is 2.30. The van der Waals surface area contributed by atoms with Crippen LogP contribution in [0.5, 0.6) is 0 Å². The molecule has 0 aromatic heterocycles. The van der Waals surface area contributed by atoms with Gasteiger partial charge in [-0.3, -0.25) is 4.84 Å². The number of nitrogens with one attached hydrogen (secondary N) is 1. The second-order valence-electron chi connectivity index (χ2n) is 4.57. The summed E-state index contributed by atoms with van der Waals surface area (Å²) >= 11 is 0. The van der Waals surface area contributed by atoms with E-state index in [0.717, 1.165) is 12.8 Å². The van der Waals surface area contributed by atoms with Crippen LogP contribution in [-0.4, -0.2) is 11.6 Å². The molecule has 0 amide bonds. The minimum absolute atomic E-state index is 0.0144. The maximum absolute atomic E-state index is 5.48. The molecule has 2 rings (SSSR count). The van der Waals surface area contributed by atoms with Crippen molar-refractivity contribution in [3.05, 3.63) is 35.9 Å². The van der Waals surface area contributed by atoms with E-state index in [4.69, 9.17) is 4.84 Å². The van der Waals surface area contributed by atoms with Gasteiger partial charge in [-0.2, -0.15) is 5.48 Å². The Morgan fingerprint density at radius 2 is 2.07 bits per heavy atom. The highest BCUT2D eigenvalue weighted by atomic mass is 16.7. The molecule has 0 spiro atoms. The van der Waals surface area contributed by atoms with Gasteiger partial charge in [0, 0.05) is 6.04 Å². The normalized spacial score (nSPS) is 25.1. The second-order valence-corrected chi connectivity index (χ2v) is 4.57. The average Bonchev–Trinajstić information content (AvgIpc) is 2.47. The molecule has 14 heavy (non-hydrogen) atoms. The molecule has 1 aliphatic heterocycles. The van der Waals surface area contributed by atoms with Crippen LogP contribution in [0, 0.1) is 0 Å². The standard InChI is InChI=1S/C12H17NO/c1-12(2)9-11(13-14-12)8-10-6-4-3-5-7-10/h3-7,11,13H,8-9H2,1-2H3. The van der Waals surface area contributed by atoms with E-state index in [9.17, 15) is 0 Å². The van der Waals surface area contributed by atoms with Crippen LogP contribution < -0.4 is 5.48 Å². The van der Waals surface area contributed by atoms with Crippen molar-refractivity contribution in [3.8, 4) is 0 Å². The highest BCUT2D eigenvalue weighted by molar-refractivity contribution is 5.16. The van der Waals surface area contributed by atoms with E-state index in [1.807, 2.05) is 6.07 Å². The Balaban J connectivity index is 1.94. The average molecular weight is 191 g/mol. The molecule has 1 saturated heterocycles. The van der Waals surface area contributed by atoms with Gasteiger partial charge in [-0.15, -0.1) is 0 Å². The first-order valence-corrected chi connectivity index (χ1v) is 5.13. The fourth-order valence-electron chi connectivity index (χ4n) is 1.93. The zero-order chi connectivity index (χ0) is 10.0. The molecule has 0 aliphatic carbocycles. The Labute approximate surface area is 85.2 Å². The highest BCUT2D eigenvalue weighted by Crippen LogP contribution is 2.24. The van der Waals surface area contributed by atoms with Crippen molar-refractivity contribution < 1.29 is 4.84 Å². The zero-order valence-electron chi connectivity index (χ0n) is 8.79. The summed E-state index contributed by atoms with van der Waals surface area (Å²) in [4.78, 5) is 5.48. The van der Waals surface area contributed by atoms with E-state index in [1.54, 1.807) is 0 Å². The molecule has 1 aliphatic rings. The lowest BCUT2D eigenvalue weighted by molar-refractivity contribution is -0.0311. The number of benzene rings is 1. The largest absolute Gasteiger partial charge is 0.295 e. The van der Waals surface area contributed by atoms with E-state index < -0.39 is 0 Å². The lowest BCUT2D eigenvalue weighted by atomic mass is 9.96. The van der Waals surface area contributed by atoms with Crippen molar-refractivity contribution in [1.29, 1.82) is 0 Å². The molecule has 1 heterocycles. The Morgan fingerprint density at radius 1 is 1.36 bits per heavy atom. The van der Waals surface area contributed by atoms with Gasteiger partial charge in [0.15, 0.2) is 0 Å². The van der Waals surface area contributed by atoms with Gasteiger partial charge in [0.2, 0.25) is 0 Å². The summed E-state index contributed by atoms with van der Waals surface area (Å²) in [5, 5.41) is 0. The van der Waals surface area contributed by atoms with Gasteiger partial charge < -0.3 is 0 Å². The second kappa shape index (κ2) is 3.71. The van der Waals surface area contributed by atoms with Crippen molar-refractivity contribution in [2.45, 2.75) is 38.3 Å². The van der Waals surface area contributed by atoms with Crippen molar-refractivity contribution in [2.75, 3.05) is 0 Å². The molecule has 1 aromatic carbocycles. The quantitative estimate of drug-likeness (QED) is 0.774. The molecule has 1 aromatic rings. The predicted molar refractivity (Wildman–Crippen MR) is 56.9 cm³/mol. The van der Waals surface area contributed by atoms with Gasteiger partial charge in [-0.05, 0) is 32.3 Å². The summed E-state index contributed by atoms with van der Waals surface area (Å²) in [6, 6.07) is 11.0. The van der Waals surface area contributed by atoms with Crippen LogP contribution in [0.1, 0.15) is 25.8 Å². The summed E-state index contributed by atoms with van der Waals surface area (Å²) in [6.07, 6.45) is 2.12. The van der Waals surface area contributed by atoms with Gasteiger partial charge in [0.1, 0.15) is 0 Å². The van der Waals surface area contributed by atoms with Crippen LogP contribution in [-0.2, 0) is 11.3 Å². The van der Waals surface area contributed by atoms with Crippen LogP contribution in [0.15, 0.2) is 30.3 Å². The first-order chi connectivity index (χ1) is 6.66. The summed E-state index contributed by atoms with van der Waals surface area (Å²) < 4.78 is 0. The molecular weight excluding hydrogens is 174 g/mol. The van der Waals surface area contributed by atoms with Crippen molar-refractivity contribution in [2.24, 2.45) is 0 Å². The number of hydrogen-bond donors (Lipinski definition) is 1. The van der Waals surface area contributed by atoms with Crippen LogP contribution in [0.2, 0.25) is 0 Å². The van der Waals surface area contributed by atoms with Gasteiger partial charge in [-0.1, -0.05) is 30.3 Å². The minimum Gasteiger partial charge on any atom is -0.295 e. The Bertz CT molecular complexity index is 294. The maximum atomic E-state index is 5.48. The fraction of sp³-hybridized carbons (Fsp3) is 0.500. The Hall–Kier alpha value is -0.860. The molecule has 76 valence electrons. The molecule has 2 nitrogen and oxygen atoms in total. The van der Waals surface area contributed by atoms with Gasteiger partial charge >= 0.3 is 0 Å². The lowest BCUT2D eigenvalue weighted by Gasteiger charge is -2.13. The molecule has 1 unspecified atom stereocenters. The van der Waals surface area contributed by atoms with Crippen LogP contribution >= 0.6 is 0 Å². The molecule has 2 heteroatoms. The van der Waals surface area contributed by atoms with Gasteiger partial charge in [0.05, 0.1) is 5.60 Å². The Morgan fingerprint density at radius 3 is 2.64 bits per heavy atom. The number of hydroxylamine groups is 1. The SMILES string of the molecule is CC1(C)CC(Cc2ccccc2)NO1. The van der Waals surface area contributed by atoms with Crippen LogP contribution in [0.4, 0.5) is 0 Å². The minimum atomic E-state index is -0.0144. The summed E-state index contributed by atoms with van der Waals surface area (Å²) in [6.45, 7) is 4.23. The number of hydrogen-bond acceptors (Lipinski definition) is 2. The van der Waals surface area contributed by atoms with Gasteiger partial charge in [-0.25, -0.2) is 0 Å². The van der Waals surface area contributed by atoms with Crippen LogP contribution in [0.3, 0.4) is 0 Å². The topological polar surface area (TPSA) is 21.3 Å². The smallest absolute Gasteiger partial charge is 0.0856 e. The molecule has 1 fully saturated rings. The van der Waals surface area contributed by atoms with E-state index in [0.29, 0.717) is 6.04 Å². The number of rotatable bonds is 2. The first-order valence-electron chi connectivity index (χ1n) is 5.13. The third-order valence-electron chi connectivity index (χ3n) is 2.56. The summed E-state index contributed by atoms with van der Waals surface area (Å²) in [5.41, 5.74) is 4.45. The van der Waals surface area contributed by atoms with E-state index in [2.05, 4.69) is 43.6 Å². The molecule has 0 radical (unpaired) electrons. The summed E-state index contributed by atoms with van der Waals surface area (Å²) in [5.74, 6) is 0. The summed E-state index contributed by atoms with van der Waals surface area (Å²) in [7, 11) is 0. The monoisotopic (exact) mass is 191 g/mol.